The Kier molecular flexibility index (Phi) is 4.82. The number of esters is 1. The summed E-state index contributed by atoms with van der Waals surface area (Å²) >= 11 is 0. The van der Waals surface area contributed by atoms with Gasteiger partial charge in [0.15, 0.2) is 0 Å². The average Bonchev–Trinajstić information content (AvgIpc) is 3.00. The number of cyclic esters (lactones) is 1. The number of rotatable bonds is 5. The van der Waals surface area contributed by atoms with Gasteiger partial charge in [-0.25, -0.2) is 8.42 Å². The maximum atomic E-state index is 12.3. The first kappa shape index (κ1) is 17.1. The molecule has 0 saturated carbocycles. The number of hydrogen-bond donors (Lipinski definition) is 2. The van der Waals surface area contributed by atoms with Crippen molar-refractivity contribution in [1.29, 1.82) is 0 Å². The Morgan fingerprint density at radius 1 is 1.04 bits per heavy atom. The predicted molar refractivity (Wildman–Crippen MR) is 90.5 cm³/mol. The highest BCUT2D eigenvalue weighted by atomic mass is 32.2. The van der Waals surface area contributed by atoms with Gasteiger partial charge >= 0.3 is 5.97 Å². The van der Waals surface area contributed by atoms with Crippen LogP contribution in [0.2, 0.25) is 0 Å². The molecule has 1 atom stereocenters. The first-order valence-corrected chi connectivity index (χ1v) is 9.09. The zero-order chi connectivity index (χ0) is 17.9. The van der Waals surface area contributed by atoms with Crippen LogP contribution in [-0.2, 0) is 19.6 Å². The van der Waals surface area contributed by atoms with Crippen LogP contribution in [0.4, 0.5) is 5.69 Å². The Morgan fingerprint density at radius 2 is 1.72 bits per heavy atom. The van der Waals surface area contributed by atoms with E-state index in [1.165, 1.54) is 24.3 Å². The molecular formula is C17H16N2O5S. The second kappa shape index (κ2) is 7.04. The lowest BCUT2D eigenvalue weighted by Gasteiger charge is -2.11. The van der Waals surface area contributed by atoms with Crippen molar-refractivity contribution in [3.63, 3.8) is 0 Å². The van der Waals surface area contributed by atoms with Crippen LogP contribution < -0.4 is 10.0 Å². The number of sulfonamides is 1. The van der Waals surface area contributed by atoms with E-state index in [0.717, 1.165) is 0 Å². The van der Waals surface area contributed by atoms with E-state index in [4.69, 9.17) is 4.74 Å². The highest BCUT2D eigenvalue weighted by molar-refractivity contribution is 7.89. The van der Waals surface area contributed by atoms with Crippen molar-refractivity contribution in [1.82, 2.24) is 4.72 Å². The fourth-order valence-electron chi connectivity index (χ4n) is 2.37. The fraction of sp³-hybridized carbons (Fsp3) is 0.176. The van der Waals surface area contributed by atoms with Gasteiger partial charge in [0, 0.05) is 17.7 Å². The zero-order valence-electron chi connectivity index (χ0n) is 13.1. The van der Waals surface area contributed by atoms with Crippen LogP contribution in [0.15, 0.2) is 59.5 Å². The van der Waals surface area contributed by atoms with E-state index in [2.05, 4.69) is 10.0 Å². The molecule has 0 unspecified atom stereocenters. The Balaban J connectivity index is 1.69. The third kappa shape index (κ3) is 4.04. The Hall–Kier alpha value is -2.71. The van der Waals surface area contributed by atoms with Crippen LogP contribution in [0.5, 0.6) is 0 Å². The van der Waals surface area contributed by atoms with Crippen LogP contribution in [0.3, 0.4) is 0 Å². The van der Waals surface area contributed by atoms with Crippen LogP contribution in [-0.4, -0.2) is 32.9 Å². The monoisotopic (exact) mass is 360 g/mol. The lowest BCUT2D eigenvalue weighted by molar-refractivity contribution is -0.139. The highest BCUT2D eigenvalue weighted by Crippen LogP contribution is 2.17. The quantitative estimate of drug-likeness (QED) is 0.788. The molecule has 0 spiro atoms. The molecule has 8 heteroatoms. The standard InChI is InChI=1S/C17H16N2O5S/c20-16(12-4-2-1-3-5-12)18-13-6-8-14(9-7-13)25(22,23)19-15-10-11-24-17(15)21/h1-9,15,19H,10-11H2,(H,18,20)/t15-/m0/s1. The number of ether oxygens (including phenoxy) is 1. The molecule has 0 radical (unpaired) electrons. The molecular weight excluding hydrogens is 344 g/mol. The predicted octanol–water partition coefficient (Wildman–Crippen LogP) is 1.53. The van der Waals surface area contributed by atoms with E-state index in [1.807, 2.05) is 6.07 Å². The number of hydrogen-bond acceptors (Lipinski definition) is 5. The summed E-state index contributed by atoms with van der Waals surface area (Å²) in [7, 11) is -3.84. The van der Waals surface area contributed by atoms with Gasteiger partial charge in [-0.05, 0) is 36.4 Å². The summed E-state index contributed by atoms with van der Waals surface area (Å²) in [6, 6.07) is 13.5. The molecule has 1 heterocycles. The van der Waals surface area contributed by atoms with Gasteiger partial charge in [0.2, 0.25) is 10.0 Å². The number of amides is 1. The number of nitrogens with one attached hydrogen (secondary N) is 2. The summed E-state index contributed by atoms with van der Waals surface area (Å²) in [6.07, 6.45) is 0.309. The molecule has 3 rings (SSSR count). The van der Waals surface area contributed by atoms with Gasteiger partial charge in [-0.15, -0.1) is 0 Å². The van der Waals surface area contributed by atoms with Crippen LogP contribution in [0, 0.1) is 0 Å². The normalized spacial score (nSPS) is 17.1. The number of carbonyl (C=O) groups excluding carboxylic acids is 2. The molecule has 1 amide bonds. The summed E-state index contributed by atoms with van der Waals surface area (Å²) in [5.74, 6) is -0.863. The highest BCUT2D eigenvalue weighted by Gasteiger charge is 2.31. The molecule has 2 N–H and O–H groups in total. The van der Waals surface area contributed by atoms with E-state index in [1.54, 1.807) is 24.3 Å². The molecule has 2 aromatic rings. The van der Waals surface area contributed by atoms with E-state index < -0.39 is 22.0 Å². The van der Waals surface area contributed by atoms with Gasteiger partial charge in [-0.1, -0.05) is 18.2 Å². The lowest BCUT2D eigenvalue weighted by atomic mass is 10.2. The van der Waals surface area contributed by atoms with Crippen LogP contribution in [0.1, 0.15) is 16.8 Å². The van der Waals surface area contributed by atoms with Crippen molar-refractivity contribution in [2.24, 2.45) is 0 Å². The van der Waals surface area contributed by atoms with Gasteiger partial charge in [-0.3, -0.25) is 9.59 Å². The second-order valence-electron chi connectivity index (χ2n) is 5.47. The molecule has 0 aliphatic carbocycles. The molecule has 2 aromatic carbocycles. The van der Waals surface area contributed by atoms with Crippen molar-refractivity contribution < 1.29 is 22.7 Å². The minimum absolute atomic E-state index is 0.00455. The van der Waals surface area contributed by atoms with Crippen molar-refractivity contribution in [2.45, 2.75) is 17.4 Å². The number of anilines is 1. The Morgan fingerprint density at radius 3 is 2.32 bits per heavy atom. The molecule has 0 aromatic heterocycles. The Labute approximate surface area is 145 Å². The third-order valence-electron chi connectivity index (χ3n) is 3.69. The molecule has 1 aliphatic heterocycles. The molecule has 0 bridgehead atoms. The summed E-state index contributed by atoms with van der Waals surface area (Å²) in [6.45, 7) is 0.205. The summed E-state index contributed by atoms with van der Waals surface area (Å²) in [5, 5.41) is 2.69. The SMILES string of the molecule is O=C(Nc1ccc(S(=O)(=O)N[C@H]2CCOC2=O)cc1)c1ccccc1. The third-order valence-corrected chi connectivity index (χ3v) is 5.18. The number of benzene rings is 2. The first-order valence-electron chi connectivity index (χ1n) is 7.61. The average molecular weight is 360 g/mol. The largest absolute Gasteiger partial charge is 0.464 e. The van der Waals surface area contributed by atoms with Gasteiger partial charge in [0.05, 0.1) is 11.5 Å². The molecule has 7 nitrogen and oxygen atoms in total. The topological polar surface area (TPSA) is 102 Å². The maximum Gasteiger partial charge on any atom is 0.324 e. The van der Waals surface area contributed by atoms with Crippen molar-refractivity contribution in [2.75, 3.05) is 11.9 Å². The molecule has 1 fully saturated rings. The minimum Gasteiger partial charge on any atom is -0.464 e. The summed E-state index contributed by atoms with van der Waals surface area (Å²) < 4.78 is 31.6. The fourth-order valence-corrected chi connectivity index (χ4v) is 3.59. The van der Waals surface area contributed by atoms with Crippen molar-refractivity contribution in [3.8, 4) is 0 Å². The minimum atomic E-state index is -3.84. The zero-order valence-corrected chi connectivity index (χ0v) is 14.0. The maximum absolute atomic E-state index is 12.3. The Bertz CT molecular complexity index is 879. The van der Waals surface area contributed by atoms with Crippen molar-refractivity contribution in [3.05, 3.63) is 60.2 Å². The smallest absolute Gasteiger partial charge is 0.324 e. The van der Waals surface area contributed by atoms with Crippen molar-refractivity contribution >= 4 is 27.6 Å². The molecule has 1 saturated heterocycles. The molecule has 25 heavy (non-hydrogen) atoms. The van der Waals surface area contributed by atoms with Gasteiger partial charge in [0.25, 0.3) is 5.91 Å². The first-order chi connectivity index (χ1) is 12.0. The van der Waals surface area contributed by atoms with Gasteiger partial charge < -0.3 is 10.1 Å². The van der Waals surface area contributed by atoms with E-state index >= 15 is 0 Å². The molecule has 1 aliphatic rings. The van der Waals surface area contributed by atoms with Gasteiger partial charge in [-0.2, -0.15) is 4.72 Å². The summed E-state index contributed by atoms with van der Waals surface area (Å²) in [4.78, 5) is 23.5. The van der Waals surface area contributed by atoms with E-state index in [0.29, 0.717) is 17.7 Å². The van der Waals surface area contributed by atoms with Crippen LogP contribution >= 0.6 is 0 Å². The number of carbonyl (C=O) groups is 2. The lowest BCUT2D eigenvalue weighted by Crippen LogP contribution is -2.37. The second-order valence-corrected chi connectivity index (χ2v) is 7.19. The summed E-state index contributed by atoms with van der Waals surface area (Å²) in [5.41, 5.74) is 0.966. The van der Waals surface area contributed by atoms with E-state index in [-0.39, 0.29) is 17.4 Å². The van der Waals surface area contributed by atoms with Gasteiger partial charge in [0.1, 0.15) is 6.04 Å². The molecule has 130 valence electrons. The van der Waals surface area contributed by atoms with E-state index in [9.17, 15) is 18.0 Å². The van der Waals surface area contributed by atoms with Crippen LogP contribution in [0.25, 0.3) is 0 Å².